The monoisotopic (exact) mass is 365 g/mol. The summed E-state index contributed by atoms with van der Waals surface area (Å²) in [4.78, 5) is 28.7. The summed E-state index contributed by atoms with van der Waals surface area (Å²) in [6, 6.07) is 8.83. The molecular formula is C15H12ClN3O2S2. The van der Waals surface area contributed by atoms with E-state index in [1.54, 1.807) is 37.4 Å². The van der Waals surface area contributed by atoms with E-state index in [4.69, 9.17) is 11.6 Å². The fourth-order valence-electron chi connectivity index (χ4n) is 1.98. The first-order valence-electron chi connectivity index (χ1n) is 6.67. The molecule has 0 bridgehead atoms. The zero-order valence-electron chi connectivity index (χ0n) is 12.1. The number of halogens is 1. The molecule has 1 amide bonds. The van der Waals surface area contributed by atoms with Gasteiger partial charge in [0.2, 0.25) is 5.91 Å². The van der Waals surface area contributed by atoms with Gasteiger partial charge in [-0.15, -0.1) is 11.3 Å². The topological polar surface area (TPSA) is 64.0 Å². The van der Waals surface area contributed by atoms with Gasteiger partial charge in [0, 0.05) is 7.05 Å². The number of amides is 1. The number of fused-ring (bicyclic) bond motifs is 1. The zero-order chi connectivity index (χ0) is 16.4. The number of anilines is 1. The Balaban J connectivity index is 1.73. The maximum atomic E-state index is 12.2. The van der Waals surface area contributed by atoms with Crippen LogP contribution in [0.5, 0.6) is 0 Å². The summed E-state index contributed by atoms with van der Waals surface area (Å²) in [5.74, 6) is -0.0657. The lowest BCUT2D eigenvalue weighted by atomic mass is 10.3. The average Bonchev–Trinajstić information content (AvgIpc) is 3.00. The molecule has 1 N–H and O–H groups in total. The molecule has 8 heteroatoms. The van der Waals surface area contributed by atoms with Crippen LogP contribution in [0.2, 0.25) is 5.02 Å². The van der Waals surface area contributed by atoms with Gasteiger partial charge in [0.25, 0.3) is 5.56 Å². The van der Waals surface area contributed by atoms with Gasteiger partial charge in [-0.2, -0.15) is 0 Å². The summed E-state index contributed by atoms with van der Waals surface area (Å²) in [6.45, 7) is 0. The van der Waals surface area contributed by atoms with Gasteiger partial charge in [-0.1, -0.05) is 35.5 Å². The van der Waals surface area contributed by atoms with Gasteiger partial charge in [0.15, 0.2) is 5.16 Å². The van der Waals surface area contributed by atoms with E-state index in [1.165, 1.54) is 27.7 Å². The number of aromatic nitrogens is 2. The van der Waals surface area contributed by atoms with Gasteiger partial charge in [0.1, 0.15) is 4.70 Å². The SMILES string of the molecule is Cn1c(SCC(=O)Nc2ccccc2Cl)nc2ccsc2c1=O. The Kier molecular flexibility index (Phi) is 4.70. The van der Waals surface area contributed by atoms with Gasteiger partial charge in [-0.3, -0.25) is 14.2 Å². The summed E-state index contributed by atoms with van der Waals surface area (Å²) in [6.07, 6.45) is 0. The first kappa shape index (κ1) is 16.0. The quantitative estimate of drug-likeness (QED) is 0.568. The summed E-state index contributed by atoms with van der Waals surface area (Å²) < 4.78 is 2.09. The first-order chi connectivity index (χ1) is 11.1. The fraction of sp³-hybridized carbons (Fsp3) is 0.133. The zero-order valence-corrected chi connectivity index (χ0v) is 14.5. The highest BCUT2D eigenvalue weighted by Gasteiger charge is 2.12. The van der Waals surface area contributed by atoms with Crippen molar-refractivity contribution < 1.29 is 4.79 Å². The van der Waals surface area contributed by atoms with Crippen molar-refractivity contribution in [1.82, 2.24) is 9.55 Å². The molecule has 0 aliphatic carbocycles. The maximum absolute atomic E-state index is 12.2. The third-order valence-electron chi connectivity index (χ3n) is 3.13. The minimum atomic E-state index is -0.206. The van der Waals surface area contributed by atoms with Gasteiger partial charge in [-0.05, 0) is 23.6 Å². The van der Waals surface area contributed by atoms with Crippen LogP contribution in [0.4, 0.5) is 5.69 Å². The number of benzene rings is 1. The van der Waals surface area contributed by atoms with E-state index >= 15 is 0 Å². The number of carbonyl (C=O) groups excluding carboxylic acids is 1. The van der Waals surface area contributed by atoms with E-state index in [0.717, 1.165) is 0 Å². The highest BCUT2D eigenvalue weighted by Crippen LogP contribution is 2.22. The molecular weight excluding hydrogens is 354 g/mol. The number of para-hydroxylation sites is 1. The van der Waals surface area contributed by atoms with Crippen molar-refractivity contribution in [3.05, 3.63) is 51.1 Å². The standard InChI is InChI=1S/C15H12ClN3O2S2/c1-19-14(21)13-11(6-7-22-13)18-15(19)23-8-12(20)17-10-5-3-2-4-9(10)16/h2-7H,8H2,1H3,(H,17,20). The van der Waals surface area contributed by atoms with E-state index in [9.17, 15) is 9.59 Å². The number of thioether (sulfide) groups is 1. The predicted molar refractivity (Wildman–Crippen MR) is 95.7 cm³/mol. The van der Waals surface area contributed by atoms with Crippen LogP contribution in [0, 0.1) is 0 Å². The van der Waals surface area contributed by atoms with Crippen LogP contribution in [0.25, 0.3) is 10.2 Å². The normalized spacial score (nSPS) is 10.9. The van der Waals surface area contributed by atoms with E-state index < -0.39 is 0 Å². The van der Waals surface area contributed by atoms with Crippen LogP contribution >= 0.6 is 34.7 Å². The van der Waals surface area contributed by atoms with Crippen molar-refractivity contribution in [2.75, 3.05) is 11.1 Å². The number of thiophene rings is 1. The molecule has 0 saturated heterocycles. The molecule has 0 fully saturated rings. The van der Waals surface area contributed by atoms with Crippen LogP contribution in [-0.4, -0.2) is 21.2 Å². The Hall–Kier alpha value is -1.83. The Morgan fingerprint density at radius 1 is 1.39 bits per heavy atom. The lowest BCUT2D eigenvalue weighted by molar-refractivity contribution is -0.113. The van der Waals surface area contributed by atoms with Crippen molar-refractivity contribution >= 4 is 56.5 Å². The lowest BCUT2D eigenvalue weighted by Gasteiger charge is -2.08. The molecule has 0 aliphatic heterocycles. The number of nitrogens with zero attached hydrogens (tertiary/aromatic N) is 2. The molecule has 0 saturated carbocycles. The molecule has 0 radical (unpaired) electrons. The van der Waals surface area contributed by atoms with Crippen molar-refractivity contribution in [3.63, 3.8) is 0 Å². The van der Waals surface area contributed by atoms with Crippen LogP contribution in [0.15, 0.2) is 45.7 Å². The van der Waals surface area contributed by atoms with Crippen molar-refractivity contribution in [2.24, 2.45) is 7.05 Å². The van der Waals surface area contributed by atoms with E-state index in [0.29, 0.717) is 26.1 Å². The Morgan fingerprint density at radius 3 is 2.96 bits per heavy atom. The first-order valence-corrected chi connectivity index (χ1v) is 8.92. The van der Waals surface area contributed by atoms with E-state index in [-0.39, 0.29) is 17.2 Å². The molecule has 1 aromatic carbocycles. The second-order valence-electron chi connectivity index (χ2n) is 4.71. The number of hydrogen-bond donors (Lipinski definition) is 1. The predicted octanol–water partition coefficient (Wildman–Crippen LogP) is 3.38. The second kappa shape index (κ2) is 6.74. The van der Waals surface area contributed by atoms with Crippen LogP contribution in [-0.2, 0) is 11.8 Å². The Morgan fingerprint density at radius 2 is 2.17 bits per heavy atom. The summed E-state index contributed by atoms with van der Waals surface area (Å²) in [7, 11) is 1.66. The number of carbonyl (C=O) groups is 1. The van der Waals surface area contributed by atoms with Crippen LogP contribution in [0.1, 0.15) is 0 Å². The largest absolute Gasteiger partial charge is 0.324 e. The molecule has 23 heavy (non-hydrogen) atoms. The molecule has 5 nitrogen and oxygen atoms in total. The van der Waals surface area contributed by atoms with Gasteiger partial charge < -0.3 is 5.32 Å². The van der Waals surface area contributed by atoms with Gasteiger partial charge in [0.05, 0.1) is 22.0 Å². The molecule has 0 unspecified atom stereocenters. The molecule has 0 aliphatic rings. The molecule has 2 aromatic heterocycles. The van der Waals surface area contributed by atoms with Crippen LogP contribution in [0.3, 0.4) is 0 Å². The van der Waals surface area contributed by atoms with Gasteiger partial charge >= 0.3 is 0 Å². The number of rotatable bonds is 4. The van der Waals surface area contributed by atoms with E-state index in [1.807, 2.05) is 5.38 Å². The molecule has 3 aromatic rings. The maximum Gasteiger partial charge on any atom is 0.271 e. The highest BCUT2D eigenvalue weighted by atomic mass is 35.5. The Labute approximate surface area is 145 Å². The molecule has 0 atom stereocenters. The van der Waals surface area contributed by atoms with E-state index in [2.05, 4.69) is 10.3 Å². The second-order valence-corrected chi connectivity index (χ2v) is 6.98. The summed E-state index contributed by atoms with van der Waals surface area (Å²) in [5, 5.41) is 5.56. The average molecular weight is 366 g/mol. The molecule has 2 heterocycles. The minimum absolute atomic E-state index is 0.0981. The molecule has 3 rings (SSSR count). The summed E-state index contributed by atoms with van der Waals surface area (Å²) in [5.41, 5.74) is 1.13. The smallest absolute Gasteiger partial charge is 0.271 e. The molecule has 0 spiro atoms. The third kappa shape index (κ3) is 3.41. The van der Waals surface area contributed by atoms with Crippen molar-refractivity contribution in [2.45, 2.75) is 5.16 Å². The van der Waals surface area contributed by atoms with Crippen molar-refractivity contribution in [3.8, 4) is 0 Å². The minimum Gasteiger partial charge on any atom is -0.324 e. The lowest BCUT2D eigenvalue weighted by Crippen LogP contribution is -2.20. The van der Waals surface area contributed by atoms with Gasteiger partial charge in [-0.25, -0.2) is 4.98 Å². The molecule has 118 valence electrons. The van der Waals surface area contributed by atoms with Crippen LogP contribution < -0.4 is 10.9 Å². The number of hydrogen-bond acceptors (Lipinski definition) is 5. The Bertz CT molecular complexity index is 936. The summed E-state index contributed by atoms with van der Waals surface area (Å²) >= 11 is 8.59. The third-order valence-corrected chi connectivity index (χ3v) is 5.38. The highest BCUT2D eigenvalue weighted by molar-refractivity contribution is 7.99. The number of nitrogens with one attached hydrogen (secondary N) is 1. The fourth-order valence-corrected chi connectivity index (χ4v) is 3.74. The van der Waals surface area contributed by atoms with Crippen molar-refractivity contribution in [1.29, 1.82) is 0 Å².